The van der Waals surface area contributed by atoms with E-state index in [9.17, 15) is 13.5 Å². The van der Waals surface area contributed by atoms with Gasteiger partial charge in [-0.2, -0.15) is 17.4 Å². The molecule has 1 unspecified atom stereocenters. The van der Waals surface area contributed by atoms with Crippen LogP contribution in [-0.4, -0.2) is 37.5 Å². The molecule has 0 aliphatic carbocycles. The first-order valence-corrected chi connectivity index (χ1v) is 8.93. The number of aliphatic hydroxyl groups is 1. The molecular formula is C15H24N2O3S. The zero-order chi connectivity index (χ0) is 15.3. The number of aryl methyl sites for hydroxylation is 1. The van der Waals surface area contributed by atoms with Gasteiger partial charge >= 0.3 is 0 Å². The summed E-state index contributed by atoms with van der Waals surface area (Å²) in [5, 5.41) is 10.2. The molecule has 2 N–H and O–H groups in total. The van der Waals surface area contributed by atoms with Crippen molar-refractivity contribution in [2.75, 3.05) is 19.6 Å². The second-order valence-electron chi connectivity index (χ2n) is 5.54. The second-order valence-corrected chi connectivity index (χ2v) is 7.29. The van der Waals surface area contributed by atoms with E-state index in [1.807, 2.05) is 31.2 Å². The number of nitrogens with zero attached hydrogens (tertiary/aromatic N) is 1. The number of aliphatic hydroxyl groups excluding tert-OH is 1. The average molecular weight is 312 g/mol. The number of rotatable bonds is 5. The van der Waals surface area contributed by atoms with Gasteiger partial charge in [0.25, 0.3) is 10.2 Å². The van der Waals surface area contributed by atoms with Crippen LogP contribution in [0.5, 0.6) is 0 Å². The van der Waals surface area contributed by atoms with Gasteiger partial charge in [-0.25, -0.2) is 0 Å². The second kappa shape index (κ2) is 7.35. The van der Waals surface area contributed by atoms with E-state index in [-0.39, 0.29) is 6.54 Å². The van der Waals surface area contributed by atoms with Gasteiger partial charge in [0.05, 0.1) is 6.10 Å². The minimum absolute atomic E-state index is 0.00366. The summed E-state index contributed by atoms with van der Waals surface area (Å²) < 4.78 is 28.5. The third-order valence-corrected chi connectivity index (χ3v) is 5.49. The van der Waals surface area contributed by atoms with Crippen LogP contribution in [0.2, 0.25) is 0 Å². The van der Waals surface area contributed by atoms with Crippen molar-refractivity contribution in [2.24, 2.45) is 0 Å². The number of nitrogens with one attached hydrogen (secondary N) is 1. The Hall–Kier alpha value is -0.950. The van der Waals surface area contributed by atoms with Crippen molar-refractivity contribution in [1.29, 1.82) is 0 Å². The SMILES string of the molecule is Cc1ccccc1C(O)CNS(=O)(=O)N1CCCCCC1. The van der Waals surface area contributed by atoms with Crippen molar-refractivity contribution in [3.63, 3.8) is 0 Å². The van der Waals surface area contributed by atoms with Crippen molar-refractivity contribution >= 4 is 10.2 Å². The largest absolute Gasteiger partial charge is 0.387 e. The Morgan fingerprint density at radius 3 is 2.43 bits per heavy atom. The van der Waals surface area contributed by atoms with Gasteiger partial charge in [0.2, 0.25) is 0 Å². The van der Waals surface area contributed by atoms with Gasteiger partial charge in [-0.1, -0.05) is 37.1 Å². The Kier molecular flexibility index (Phi) is 5.75. The summed E-state index contributed by atoms with van der Waals surface area (Å²) in [5.41, 5.74) is 1.72. The van der Waals surface area contributed by atoms with Crippen LogP contribution >= 0.6 is 0 Å². The lowest BCUT2D eigenvalue weighted by atomic mass is 10.0. The van der Waals surface area contributed by atoms with Gasteiger partial charge in [-0.3, -0.25) is 0 Å². The predicted molar refractivity (Wildman–Crippen MR) is 83.1 cm³/mol. The maximum absolute atomic E-state index is 12.3. The molecule has 0 spiro atoms. The topological polar surface area (TPSA) is 69.6 Å². The van der Waals surface area contributed by atoms with E-state index in [4.69, 9.17) is 0 Å². The van der Waals surface area contributed by atoms with Crippen molar-refractivity contribution in [1.82, 2.24) is 9.03 Å². The normalized spacial score (nSPS) is 19.1. The highest BCUT2D eigenvalue weighted by atomic mass is 32.2. The molecule has 1 heterocycles. The maximum Gasteiger partial charge on any atom is 0.279 e. The van der Waals surface area contributed by atoms with E-state index in [0.29, 0.717) is 13.1 Å². The van der Waals surface area contributed by atoms with Crippen molar-refractivity contribution < 1.29 is 13.5 Å². The van der Waals surface area contributed by atoms with E-state index in [2.05, 4.69) is 4.72 Å². The zero-order valence-corrected chi connectivity index (χ0v) is 13.3. The highest BCUT2D eigenvalue weighted by molar-refractivity contribution is 7.87. The van der Waals surface area contributed by atoms with Crippen LogP contribution in [0, 0.1) is 6.92 Å². The standard InChI is InChI=1S/C15H24N2O3S/c1-13-8-4-5-9-14(13)15(18)12-16-21(19,20)17-10-6-2-3-7-11-17/h4-5,8-9,15-16,18H,2-3,6-7,10-12H2,1H3. The summed E-state index contributed by atoms with van der Waals surface area (Å²) in [7, 11) is -3.50. The number of hydrogen-bond acceptors (Lipinski definition) is 3. The van der Waals surface area contributed by atoms with Gasteiger partial charge in [0, 0.05) is 19.6 Å². The molecule has 0 saturated carbocycles. The number of hydrogen-bond donors (Lipinski definition) is 2. The molecule has 5 nitrogen and oxygen atoms in total. The first-order chi connectivity index (χ1) is 10.0. The third-order valence-electron chi connectivity index (χ3n) is 3.91. The smallest absolute Gasteiger partial charge is 0.279 e. The van der Waals surface area contributed by atoms with Gasteiger partial charge in [0.15, 0.2) is 0 Å². The van der Waals surface area contributed by atoms with Crippen LogP contribution in [0.15, 0.2) is 24.3 Å². The molecule has 0 radical (unpaired) electrons. The first-order valence-electron chi connectivity index (χ1n) is 7.49. The molecule has 1 aliphatic heterocycles. The van der Waals surface area contributed by atoms with E-state index in [0.717, 1.165) is 36.8 Å². The summed E-state index contributed by atoms with van der Waals surface area (Å²) in [4.78, 5) is 0. The molecule has 1 aromatic rings. The summed E-state index contributed by atoms with van der Waals surface area (Å²) in [6.45, 7) is 3.04. The summed E-state index contributed by atoms with van der Waals surface area (Å²) in [6, 6.07) is 7.46. The monoisotopic (exact) mass is 312 g/mol. The Labute approximate surface area is 127 Å². The van der Waals surface area contributed by atoms with E-state index in [1.165, 1.54) is 4.31 Å². The van der Waals surface area contributed by atoms with E-state index >= 15 is 0 Å². The van der Waals surface area contributed by atoms with Crippen LogP contribution < -0.4 is 4.72 Å². The van der Waals surface area contributed by atoms with Gasteiger partial charge in [-0.05, 0) is 30.9 Å². The van der Waals surface area contributed by atoms with E-state index in [1.54, 1.807) is 0 Å². The molecule has 1 aliphatic rings. The van der Waals surface area contributed by atoms with Gasteiger partial charge in [-0.15, -0.1) is 0 Å². The lowest BCUT2D eigenvalue weighted by molar-refractivity contribution is 0.180. The summed E-state index contributed by atoms with van der Waals surface area (Å²) >= 11 is 0. The molecule has 6 heteroatoms. The first kappa shape index (κ1) is 16.4. The fraction of sp³-hybridized carbons (Fsp3) is 0.600. The highest BCUT2D eigenvalue weighted by Gasteiger charge is 2.23. The fourth-order valence-corrected chi connectivity index (χ4v) is 3.92. The Morgan fingerprint density at radius 2 is 1.81 bits per heavy atom. The number of benzene rings is 1. The van der Waals surface area contributed by atoms with E-state index < -0.39 is 16.3 Å². The van der Waals surface area contributed by atoms with Gasteiger partial charge < -0.3 is 5.11 Å². The third kappa shape index (κ3) is 4.51. The minimum Gasteiger partial charge on any atom is -0.387 e. The zero-order valence-electron chi connectivity index (χ0n) is 12.5. The Bertz CT molecular complexity index is 552. The molecule has 1 saturated heterocycles. The Morgan fingerprint density at radius 1 is 1.19 bits per heavy atom. The van der Waals surface area contributed by atoms with Crippen LogP contribution in [-0.2, 0) is 10.2 Å². The minimum atomic E-state index is -3.50. The van der Waals surface area contributed by atoms with Crippen molar-refractivity contribution in [3.05, 3.63) is 35.4 Å². The van der Waals surface area contributed by atoms with Gasteiger partial charge in [0.1, 0.15) is 0 Å². The van der Waals surface area contributed by atoms with Crippen LogP contribution in [0.4, 0.5) is 0 Å². The molecule has 0 aromatic heterocycles. The lowest BCUT2D eigenvalue weighted by Crippen LogP contribution is -2.42. The molecule has 2 rings (SSSR count). The van der Waals surface area contributed by atoms with Crippen LogP contribution in [0.25, 0.3) is 0 Å². The quantitative estimate of drug-likeness (QED) is 0.870. The summed E-state index contributed by atoms with van der Waals surface area (Å²) in [6.07, 6.45) is 3.14. The van der Waals surface area contributed by atoms with Crippen LogP contribution in [0.1, 0.15) is 42.9 Å². The molecule has 118 valence electrons. The average Bonchev–Trinajstić information content (AvgIpc) is 2.75. The Balaban J connectivity index is 1.96. The summed E-state index contributed by atoms with van der Waals surface area (Å²) in [5.74, 6) is 0. The molecule has 1 aromatic carbocycles. The molecular weight excluding hydrogens is 288 g/mol. The van der Waals surface area contributed by atoms with Crippen LogP contribution in [0.3, 0.4) is 0 Å². The molecule has 1 atom stereocenters. The lowest BCUT2D eigenvalue weighted by Gasteiger charge is -2.22. The maximum atomic E-state index is 12.3. The molecule has 0 bridgehead atoms. The van der Waals surface area contributed by atoms with Crippen molar-refractivity contribution in [3.8, 4) is 0 Å². The molecule has 0 amide bonds. The molecule has 1 fully saturated rings. The highest BCUT2D eigenvalue weighted by Crippen LogP contribution is 2.17. The fourth-order valence-electron chi connectivity index (χ4n) is 2.63. The molecule has 21 heavy (non-hydrogen) atoms. The predicted octanol–water partition coefficient (Wildman–Crippen LogP) is 1.74. The van der Waals surface area contributed by atoms with Crippen molar-refractivity contribution in [2.45, 2.75) is 38.7 Å².